The van der Waals surface area contributed by atoms with Crippen molar-refractivity contribution in [3.8, 4) is 5.75 Å². The van der Waals surface area contributed by atoms with Crippen molar-refractivity contribution in [2.24, 2.45) is 10.9 Å². The minimum Gasteiger partial charge on any atom is -0.508 e. The third kappa shape index (κ3) is 7.75. The summed E-state index contributed by atoms with van der Waals surface area (Å²) in [4.78, 5) is 20.3. The van der Waals surface area contributed by atoms with Crippen molar-refractivity contribution < 1.29 is 9.90 Å². The second-order valence-electron chi connectivity index (χ2n) is 11.2. The van der Waals surface area contributed by atoms with E-state index in [4.69, 9.17) is 0 Å². The first-order valence-corrected chi connectivity index (χ1v) is 15.2. The zero-order chi connectivity index (χ0) is 30.1. The highest BCUT2D eigenvalue weighted by atomic mass is 16.3. The van der Waals surface area contributed by atoms with Crippen LogP contribution in [-0.2, 0) is 30.5 Å². The van der Waals surface area contributed by atoms with Gasteiger partial charge < -0.3 is 10.0 Å². The number of aliphatic imine (C=N–C) groups is 1. The van der Waals surface area contributed by atoms with Gasteiger partial charge in [-0.3, -0.25) is 9.79 Å². The number of carbonyl (C=O) groups excluding carboxylic acids is 1. The molecule has 4 nitrogen and oxygen atoms in total. The lowest BCUT2D eigenvalue weighted by Crippen LogP contribution is -2.41. The van der Waals surface area contributed by atoms with E-state index < -0.39 is 0 Å². The number of amides is 1. The Morgan fingerprint density at radius 2 is 1.76 bits per heavy atom. The Kier molecular flexibility index (Phi) is 11.5. The first-order chi connectivity index (χ1) is 19.7. The predicted molar refractivity (Wildman–Crippen MR) is 174 cm³/mol. The van der Waals surface area contributed by atoms with E-state index in [2.05, 4.69) is 69.9 Å². The molecule has 3 aromatic carbocycles. The zero-order valence-electron chi connectivity index (χ0n) is 26.3. The van der Waals surface area contributed by atoms with Crippen molar-refractivity contribution in [3.05, 3.63) is 105 Å². The zero-order valence-corrected chi connectivity index (χ0v) is 26.3. The molecule has 0 bridgehead atoms. The Labute approximate surface area is 247 Å². The normalized spacial score (nSPS) is 15.2. The molecule has 1 N–H and O–H groups in total. The smallest absolute Gasteiger partial charge is 0.232 e. The summed E-state index contributed by atoms with van der Waals surface area (Å²) in [6.07, 6.45) is 7.75. The van der Waals surface area contributed by atoms with Crippen LogP contribution in [0.3, 0.4) is 0 Å². The van der Waals surface area contributed by atoms with Gasteiger partial charge in [0.2, 0.25) is 5.91 Å². The van der Waals surface area contributed by atoms with Gasteiger partial charge in [-0.15, -0.1) is 0 Å². The number of hydrogen-bond donors (Lipinski definition) is 1. The summed E-state index contributed by atoms with van der Waals surface area (Å²) in [5.74, 6) is 0.869. The fraction of sp³-hybridized carbons (Fsp3) is 0.405. The summed E-state index contributed by atoms with van der Waals surface area (Å²) in [6.45, 7) is 16.8. The molecule has 4 rings (SSSR count). The van der Waals surface area contributed by atoms with Crippen LogP contribution in [0.25, 0.3) is 0 Å². The molecule has 41 heavy (non-hydrogen) atoms. The molecule has 0 aliphatic carbocycles. The molecule has 1 aliphatic heterocycles. The van der Waals surface area contributed by atoms with E-state index in [0.717, 1.165) is 48.1 Å². The summed E-state index contributed by atoms with van der Waals surface area (Å²) >= 11 is 0. The van der Waals surface area contributed by atoms with Gasteiger partial charge in [0.25, 0.3) is 0 Å². The Bertz CT molecular complexity index is 1380. The average Bonchev–Trinajstić information content (AvgIpc) is 2.96. The molecule has 1 aliphatic rings. The molecule has 4 heteroatoms. The molecule has 1 unspecified atom stereocenters. The molecule has 0 aromatic heterocycles. The molecule has 1 amide bonds. The molecule has 0 saturated heterocycles. The molecular formula is C37H48N2O2. The highest BCUT2D eigenvalue weighted by Gasteiger charge is 2.36. The SMILES string of the molecule is CC.CC=N/C=C(\C)CCc1cc(C)ccc1N1C(=O)Cc2cc(CC)c(CC(C)C)cc2C1c1ccc(O)cc1. The molecule has 0 spiro atoms. The monoisotopic (exact) mass is 552 g/mol. The molecular weight excluding hydrogens is 504 g/mol. The first-order valence-electron chi connectivity index (χ1n) is 15.2. The summed E-state index contributed by atoms with van der Waals surface area (Å²) in [7, 11) is 0. The Morgan fingerprint density at radius 1 is 1.05 bits per heavy atom. The standard InChI is InChI=1S/C35H42N2O2.C2H6/c1-7-26-19-30-21-34(39)37(33-16-10-24(5)18-28(33)11-9-25(6)22-36-8-2)35(27-12-14-31(38)15-13-27)32(30)20-29(26)17-23(3)4;1-2/h8,10,12-16,18-20,22-23,35,38H,7,9,11,17,21H2,1-6H3;1-2H3/b25-22+,36-8?;. The lowest BCUT2D eigenvalue weighted by Gasteiger charge is -2.39. The molecule has 0 radical (unpaired) electrons. The van der Waals surface area contributed by atoms with Crippen LogP contribution in [0.15, 0.2) is 71.4 Å². The van der Waals surface area contributed by atoms with Crippen LogP contribution in [0.1, 0.15) is 99.9 Å². The third-order valence-corrected chi connectivity index (χ3v) is 7.57. The van der Waals surface area contributed by atoms with E-state index in [1.54, 1.807) is 18.3 Å². The minimum absolute atomic E-state index is 0.104. The lowest BCUT2D eigenvalue weighted by molar-refractivity contribution is -0.118. The van der Waals surface area contributed by atoms with E-state index in [9.17, 15) is 9.90 Å². The summed E-state index contributed by atoms with van der Waals surface area (Å²) in [6, 6.07) is 18.1. The second-order valence-corrected chi connectivity index (χ2v) is 11.2. The predicted octanol–water partition coefficient (Wildman–Crippen LogP) is 9.09. The van der Waals surface area contributed by atoms with Gasteiger partial charge in [-0.05, 0) is 104 Å². The van der Waals surface area contributed by atoms with Crippen molar-refractivity contribution in [3.63, 3.8) is 0 Å². The molecule has 0 saturated carbocycles. The van der Waals surface area contributed by atoms with Crippen molar-refractivity contribution in [2.75, 3.05) is 4.90 Å². The Morgan fingerprint density at radius 3 is 2.39 bits per heavy atom. The molecule has 0 fully saturated rings. The van der Waals surface area contributed by atoms with E-state index in [0.29, 0.717) is 12.3 Å². The average molecular weight is 553 g/mol. The number of carbonyl (C=O) groups is 1. The molecule has 3 aromatic rings. The number of aryl methyl sites for hydroxylation is 3. The third-order valence-electron chi connectivity index (χ3n) is 7.57. The van der Waals surface area contributed by atoms with E-state index in [-0.39, 0.29) is 17.7 Å². The van der Waals surface area contributed by atoms with Gasteiger partial charge in [0.15, 0.2) is 0 Å². The number of aromatic hydroxyl groups is 1. The molecule has 218 valence electrons. The van der Waals surface area contributed by atoms with Crippen LogP contribution in [0.5, 0.6) is 5.75 Å². The van der Waals surface area contributed by atoms with Crippen molar-refractivity contribution in [1.82, 2.24) is 0 Å². The largest absolute Gasteiger partial charge is 0.508 e. The summed E-state index contributed by atoms with van der Waals surface area (Å²) < 4.78 is 0. The number of phenols is 1. The minimum atomic E-state index is -0.263. The fourth-order valence-corrected chi connectivity index (χ4v) is 5.66. The van der Waals surface area contributed by atoms with E-state index in [1.165, 1.54) is 27.8 Å². The number of hydrogen-bond acceptors (Lipinski definition) is 3. The van der Waals surface area contributed by atoms with Gasteiger partial charge in [-0.25, -0.2) is 0 Å². The van der Waals surface area contributed by atoms with Gasteiger partial charge >= 0.3 is 0 Å². The highest BCUT2D eigenvalue weighted by Crippen LogP contribution is 2.42. The van der Waals surface area contributed by atoms with Gasteiger partial charge in [-0.2, -0.15) is 0 Å². The fourth-order valence-electron chi connectivity index (χ4n) is 5.66. The van der Waals surface area contributed by atoms with Gasteiger partial charge in [-0.1, -0.05) is 82.2 Å². The van der Waals surface area contributed by atoms with Gasteiger partial charge in [0.1, 0.15) is 5.75 Å². The number of fused-ring (bicyclic) bond motifs is 1. The number of phenolic OH excluding ortho intramolecular Hbond substituents is 1. The maximum absolute atomic E-state index is 14.0. The number of nitrogens with zero attached hydrogens (tertiary/aromatic N) is 2. The van der Waals surface area contributed by atoms with Crippen LogP contribution in [0, 0.1) is 12.8 Å². The van der Waals surface area contributed by atoms with Crippen molar-refractivity contribution >= 4 is 17.8 Å². The van der Waals surface area contributed by atoms with Crippen LogP contribution in [-0.4, -0.2) is 17.2 Å². The Hall–Kier alpha value is -3.66. The van der Waals surface area contributed by atoms with E-state index in [1.807, 2.05) is 44.0 Å². The lowest BCUT2D eigenvalue weighted by atomic mass is 9.82. The second kappa shape index (κ2) is 14.8. The summed E-state index contributed by atoms with van der Waals surface area (Å²) in [5, 5.41) is 10.1. The number of allylic oxidation sites excluding steroid dienone is 1. The number of benzene rings is 3. The van der Waals surface area contributed by atoms with E-state index >= 15 is 0 Å². The van der Waals surface area contributed by atoms with Crippen LogP contribution in [0.4, 0.5) is 5.69 Å². The van der Waals surface area contributed by atoms with Gasteiger partial charge in [0, 0.05) is 18.1 Å². The van der Waals surface area contributed by atoms with Gasteiger partial charge in [0.05, 0.1) is 12.5 Å². The highest BCUT2D eigenvalue weighted by molar-refractivity contribution is 5.99. The van der Waals surface area contributed by atoms with Crippen LogP contribution in [0.2, 0.25) is 0 Å². The molecule has 1 atom stereocenters. The maximum atomic E-state index is 14.0. The number of anilines is 1. The van der Waals surface area contributed by atoms with Crippen molar-refractivity contribution in [1.29, 1.82) is 0 Å². The number of rotatable bonds is 9. The topological polar surface area (TPSA) is 52.9 Å². The summed E-state index contributed by atoms with van der Waals surface area (Å²) in [5.41, 5.74) is 10.5. The quantitative estimate of drug-likeness (QED) is 0.269. The molecule has 1 heterocycles. The Balaban J connectivity index is 0.00000226. The maximum Gasteiger partial charge on any atom is 0.232 e. The first kappa shape index (κ1) is 31.9. The van der Waals surface area contributed by atoms with Crippen LogP contribution < -0.4 is 4.90 Å². The van der Waals surface area contributed by atoms with Crippen molar-refractivity contribution in [2.45, 2.75) is 93.5 Å². The van der Waals surface area contributed by atoms with Crippen LogP contribution >= 0.6 is 0 Å².